The predicted molar refractivity (Wildman–Crippen MR) is 110 cm³/mol. The van der Waals surface area contributed by atoms with Crippen molar-refractivity contribution in [1.29, 1.82) is 0 Å². The third-order valence-electron chi connectivity index (χ3n) is 3.97. The zero-order valence-corrected chi connectivity index (χ0v) is 17.2. The molecular weight excluding hydrogens is 419 g/mol. The molecule has 1 aromatic carbocycles. The van der Waals surface area contributed by atoms with Crippen LogP contribution in [0.5, 0.6) is 0 Å². The minimum absolute atomic E-state index is 0.0378. The average Bonchev–Trinajstić information content (AvgIpc) is 3.25. The molecule has 28 heavy (non-hydrogen) atoms. The van der Waals surface area contributed by atoms with Gasteiger partial charge in [-0.2, -0.15) is 4.98 Å². The quantitative estimate of drug-likeness (QED) is 0.517. The molecule has 142 valence electrons. The first-order chi connectivity index (χ1) is 13.4. The Bertz CT molecular complexity index is 1200. The van der Waals surface area contributed by atoms with Crippen LogP contribution in [-0.4, -0.2) is 30.5 Å². The highest BCUT2D eigenvalue weighted by atomic mass is 35.5. The van der Waals surface area contributed by atoms with Crippen LogP contribution in [0.2, 0.25) is 10.0 Å². The standard InChI is InChI=1S/C18H14Cl2N6OS/c1-9-5-10(2)26-17(22-9)23-15(25-26)16(27)24-18-21-8-13(28-18)7-11-6-12(19)3-4-14(11)20/h3-6,8H,7H2,1-2H3,(H,21,24,27). The summed E-state index contributed by atoms with van der Waals surface area (Å²) in [4.78, 5) is 26.2. The lowest BCUT2D eigenvalue weighted by molar-refractivity contribution is 0.101. The van der Waals surface area contributed by atoms with Crippen LogP contribution in [0.1, 0.15) is 32.4 Å². The first kappa shape index (κ1) is 18.8. The molecule has 4 aromatic rings. The van der Waals surface area contributed by atoms with E-state index in [-0.39, 0.29) is 5.82 Å². The van der Waals surface area contributed by atoms with E-state index in [9.17, 15) is 4.79 Å². The summed E-state index contributed by atoms with van der Waals surface area (Å²) in [5, 5.41) is 8.66. The summed E-state index contributed by atoms with van der Waals surface area (Å²) in [7, 11) is 0. The zero-order chi connectivity index (χ0) is 19.8. The van der Waals surface area contributed by atoms with Crippen molar-refractivity contribution in [3.05, 3.63) is 68.2 Å². The average molecular weight is 433 g/mol. The van der Waals surface area contributed by atoms with Crippen LogP contribution in [0.3, 0.4) is 0 Å². The predicted octanol–water partition coefficient (Wildman–Crippen LogP) is 4.35. The highest BCUT2D eigenvalue weighted by molar-refractivity contribution is 7.15. The third-order valence-corrected chi connectivity index (χ3v) is 5.48. The lowest BCUT2D eigenvalue weighted by Gasteiger charge is -2.02. The molecule has 0 saturated heterocycles. The van der Waals surface area contributed by atoms with Crippen molar-refractivity contribution in [2.45, 2.75) is 20.3 Å². The summed E-state index contributed by atoms with van der Waals surface area (Å²) in [6.45, 7) is 3.75. The van der Waals surface area contributed by atoms with E-state index < -0.39 is 5.91 Å². The Labute approximate surface area is 174 Å². The normalized spacial score (nSPS) is 11.1. The lowest BCUT2D eigenvalue weighted by Crippen LogP contribution is -2.13. The van der Waals surface area contributed by atoms with Gasteiger partial charge in [0, 0.05) is 38.9 Å². The van der Waals surface area contributed by atoms with E-state index in [1.54, 1.807) is 18.3 Å². The minimum atomic E-state index is -0.441. The van der Waals surface area contributed by atoms with Gasteiger partial charge >= 0.3 is 0 Å². The van der Waals surface area contributed by atoms with E-state index in [1.165, 1.54) is 15.9 Å². The van der Waals surface area contributed by atoms with Crippen molar-refractivity contribution in [2.24, 2.45) is 0 Å². The van der Waals surface area contributed by atoms with Gasteiger partial charge in [0.05, 0.1) is 0 Å². The first-order valence-corrected chi connectivity index (χ1v) is 9.87. The van der Waals surface area contributed by atoms with Gasteiger partial charge in [-0.05, 0) is 43.7 Å². The molecule has 4 rings (SSSR count). The molecule has 3 aromatic heterocycles. The van der Waals surface area contributed by atoms with Crippen LogP contribution in [0.4, 0.5) is 5.13 Å². The summed E-state index contributed by atoms with van der Waals surface area (Å²) in [5.74, 6) is -0.0156. The Morgan fingerprint density at radius 3 is 2.86 bits per heavy atom. The molecule has 10 heteroatoms. The van der Waals surface area contributed by atoms with E-state index in [1.807, 2.05) is 26.0 Å². The van der Waals surface area contributed by atoms with E-state index in [4.69, 9.17) is 23.2 Å². The smallest absolute Gasteiger partial charge is 0.295 e. The van der Waals surface area contributed by atoms with Crippen LogP contribution in [0.25, 0.3) is 5.78 Å². The van der Waals surface area contributed by atoms with Gasteiger partial charge < -0.3 is 0 Å². The van der Waals surface area contributed by atoms with Crippen molar-refractivity contribution in [1.82, 2.24) is 24.6 Å². The summed E-state index contributed by atoms with van der Waals surface area (Å²) in [6.07, 6.45) is 2.27. The van der Waals surface area contributed by atoms with Crippen molar-refractivity contribution < 1.29 is 4.79 Å². The Morgan fingerprint density at radius 1 is 1.21 bits per heavy atom. The van der Waals surface area contributed by atoms with Gasteiger partial charge in [0.15, 0.2) is 5.13 Å². The number of halogens is 2. The van der Waals surface area contributed by atoms with Gasteiger partial charge in [-0.3, -0.25) is 10.1 Å². The van der Waals surface area contributed by atoms with Crippen LogP contribution >= 0.6 is 34.5 Å². The van der Waals surface area contributed by atoms with E-state index in [0.29, 0.717) is 27.4 Å². The van der Waals surface area contributed by atoms with Crippen molar-refractivity contribution >= 4 is 51.4 Å². The molecule has 0 atom stereocenters. The molecule has 0 saturated carbocycles. The Morgan fingerprint density at radius 2 is 2.04 bits per heavy atom. The molecule has 0 bridgehead atoms. The summed E-state index contributed by atoms with van der Waals surface area (Å²) in [6, 6.07) is 7.19. The summed E-state index contributed by atoms with van der Waals surface area (Å²) in [5.41, 5.74) is 2.56. The number of rotatable bonds is 4. The number of hydrogen-bond donors (Lipinski definition) is 1. The fraction of sp³-hybridized carbons (Fsp3) is 0.167. The molecule has 0 spiro atoms. The zero-order valence-electron chi connectivity index (χ0n) is 14.9. The molecular formula is C18H14Cl2N6OS. The van der Waals surface area contributed by atoms with Gasteiger partial charge in [0.25, 0.3) is 11.7 Å². The molecule has 1 N–H and O–H groups in total. The highest BCUT2D eigenvalue weighted by Crippen LogP contribution is 2.27. The molecule has 0 radical (unpaired) electrons. The van der Waals surface area contributed by atoms with E-state index in [0.717, 1.165) is 21.8 Å². The lowest BCUT2D eigenvalue weighted by atomic mass is 10.1. The number of hydrogen-bond acceptors (Lipinski definition) is 6. The van der Waals surface area contributed by atoms with Crippen molar-refractivity contribution in [2.75, 3.05) is 5.32 Å². The van der Waals surface area contributed by atoms with E-state index >= 15 is 0 Å². The second-order valence-electron chi connectivity index (χ2n) is 6.18. The van der Waals surface area contributed by atoms with Crippen molar-refractivity contribution in [3.8, 4) is 0 Å². The van der Waals surface area contributed by atoms with Crippen LogP contribution in [-0.2, 0) is 6.42 Å². The van der Waals surface area contributed by atoms with Gasteiger partial charge in [0.2, 0.25) is 5.82 Å². The number of thiazole rings is 1. The maximum Gasteiger partial charge on any atom is 0.297 e. The number of carbonyl (C=O) groups is 1. The second kappa shape index (κ2) is 7.46. The number of nitrogens with zero attached hydrogens (tertiary/aromatic N) is 5. The Kier molecular flexibility index (Phi) is 5.01. The number of aromatic nitrogens is 5. The van der Waals surface area contributed by atoms with Gasteiger partial charge in [0.1, 0.15) is 0 Å². The topological polar surface area (TPSA) is 85.1 Å². The number of fused-ring (bicyclic) bond motifs is 1. The fourth-order valence-corrected chi connectivity index (χ4v) is 3.94. The third kappa shape index (κ3) is 3.84. The number of nitrogens with one attached hydrogen (secondary N) is 1. The highest BCUT2D eigenvalue weighted by Gasteiger charge is 2.17. The molecule has 7 nitrogen and oxygen atoms in total. The van der Waals surface area contributed by atoms with Crippen molar-refractivity contribution in [3.63, 3.8) is 0 Å². The molecule has 0 fully saturated rings. The molecule has 3 heterocycles. The molecule has 0 unspecified atom stereocenters. The number of aryl methyl sites for hydroxylation is 2. The van der Waals surface area contributed by atoms with E-state index in [2.05, 4.69) is 25.4 Å². The monoisotopic (exact) mass is 432 g/mol. The maximum absolute atomic E-state index is 12.5. The minimum Gasteiger partial charge on any atom is -0.295 e. The number of amides is 1. The van der Waals surface area contributed by atoms with Gasteiger partial charge in [-0.15, -0.1) is 16.4 Å². The van der Waals surface area contributed by atoms with Crippen LogP contribution in [0, 0.1) is 13.8 Å². The molecule has 1 amide bonds. The summed E-state index contributed by atoms with van der Waals surface area (Å²) < 4.78 is 1.54. The molecule has 0 aliphatic rings. The Hall–Kier alpha value is -2.55. The first-order valence-electron chi connectivity index (χ1n) is 8.30. The van der Waals surface area contributed by atoms with Crippen LogP contribution < -0.4 is 5.32 Å². The number of anilines is 1. The molecule has 0 aliphatic carbocycles. The fourth-order valence-electron chi connectivity index (χ4n) is 2.73. The Balaban J connectivity index is 1.51. The maximum atomic E-state index is 12.5. The molecule has 0 aliphatic heterocycles. The number of carbonyl (C=O) groups excluding carboxylic acids is 1. The summed E-state index contributed by atoms with van der Waals surface area (Å²) >= 11 is 13.6. The van der Waals surface area contributed by atoms with Crippen LogP contribution in [0.15, 0.2) is 30.5 Å². The number of benzene rings is 1. The SMILES string of the molecule is Cc1cc(C)n2nc(C(=O)Nc3ncc(Cc4cc(Cl)ccc4Cl)s3)nc2n1. The van der Waals surface area contributed by atoms with Gasteiger partial charge in [-0.25, -0.2) is 14.5 Å². The largest absolute Gasteiger partial charge is 0.297 e. The van der Waals surface area contributed by atoms with Gasteiger partial charge in [-0.1, -0.05) is 23.2 Å². The second-order valence-corrected chi connectivity index (χ2v) is 8.14.